The molecule has 2 nitrogen and oxygen atoms in total. The molecule has 2 saturated carbocycles. The van der Waals surface area contributed by atoms with E-state index in [2.05, 4.69) is 10.9 Å². The molecule has 0 spiro atoms. The maximum atomic E-state index is 3.54. The molecular weight excluding hydrogens is 179 g/mol. The Morgan fingerprint density at radius 1 is 0.533 bits per heavy atom. The number of hydrazine groups is 1. The van der Waals surface area contributed by atoms with Crippen LogP contribution < -0.4 is 10.9 Å². The molecule has 2 aliphatic rings. The zero-order chi connectivity index (χ0) is 9.64. The summed E-state index contributed by atoms with van der Waals surface area (Å²) in [5.41, 5.74) is 7.08. The first-order valence-corrected chi connectivity index (χ1v) is 6.46. The van der Waals surface area contributed by atoms with Crippen molar-refractivity contribution < 1.29 is 0 Å². The average molecular weight is 203 g/mol. The molecule has 15 heavy (non-hydrogen) atoms. The predicted octanol–water partition coefficient (Wildman–Crippen LogP) is 2.37. The Hall–Kier alpha value is 0.517. The molecule has 3 heteroatoms. The van der Waals surface area contributed by atoms with Crippen molar-refractivity contribution in [2.24, 2.45) is 0 Å². The summed E-state index contributed by atoms with van der Waals surface area (Å²) in [5, 5.41) is 0. The molecule has 0 bridgehead atoms. The summed E-state index contributed by atoms with van der Waals surface area (Å²) in [7, 11) is 0. The van der Waals surface area contributed by atoms with E-state index in [-0.39, 0.29) is 18.9 Å². The van der Waals surface area contributed by atoms with Crippen molar-refractivity contribution in [1.29, 1.82) is 0 Å². The minimum absolute atomic E-state index is 0. The van der Waals surface area contributed by atoms with Crippen LogP contribution in [0.4, 0.5) is 0 Å². The van der Waals surface area contributed by atoms with Gasteiger partial charge in [0, 0.05) is 30.9 Å². The SMILES string of the molecule is C1CCC(NNC2CCCCC2)CC1.[Li]. The fourth-order valence-corrected chi connectivity index (χ4v) is 2.73. The Labute approximate surface area is 106 Å². The largest absolute Gasteiger partial charge is 0.255 e. The summed E-state index contributed by atoms with van der Waals surface area (Å²) in [5.74, 6) is 0. The van der Waals surface area contributed by atoms with Gasteiger partial charge in [0.2, 0.25) is 0 Å². The molecule has 0 saturated heterocycles. The number of hydrogen-bond donors (Lipinski definition) is 2. The third-order valence-electron chi connectivity index (χ3n) is 3.70. The zero-order valence-electron chi connectivity index (χ0n) is 10.2. The fraction of sp³-hybridized carbons (Fsp3) is 1.00. The van der Waals surface area contributed by atoms with Crippen molar-refractivity contribution in [3.63, 3.8) is 0 Å². The zero-order valence-corrected chi connectivity index (χ0v) is 10.2. The van der Waals surface area contributed by atoms with Gasteiger partial charge in [-0.05, 0) is 25.7 Å². The normalized spacial score (nSPS) is 24.8. The van der Waals surface area contributed by atoms with E-state index < -0.39 is 0 Å². The van der Waals surface area contributed by atoms with Crippen LogP contribution in [0.2, 0.25) is 0 Å². The second-order valence-corrected chi connectivity index (χ2v) is 4.96. The van der Waals surface area contributed by atoms with Gasteiger partial charge < -0.3 is 0 Å². The van der Waals surface area contributed by atoms with Crippen LogP contribution in [0.5, 0.6) is 0 Å². The first kappa shape index (κ1) is 13.6. The van der Waals surface area contributed by atoms with Crippen LogP contribution in [-0.4, -0.2) is 30.9 Å². The minimum atomic E-state index is 0. The Kier molecular flexibility index (Phi) is 7.00. The molecule has 1 radical (unpaired) electrons. The van der Waals surface area contributed by atoms with E-state index >= 15 is 0 Å². The van der Waals surface area contributed by atoms with E-state index in [0.29, 0.717) is 0 Å². The van der Waals surface area contributed by atoms with Crippen LogP contribution >= 0.6 is 0 Å². The minimum Gasteiger partial charge on any atom is -0.255 e. The average Bonchev–Trinajstić information content (AvgIpc) is 2.29. The van der Waals surface area contributed by atoms with Gasteiger partial charge in [-0.15, -0.1) is 0 Å². The van der Waals surface area contributed by atoms with Gasteiger partial charge in [0.1, 0.15) is 0 Å². The summed E-state index contributed by atoms with van der Waals surface area (Å²) >= 11 is 0. The van der Waals surface area contributed by atoms with Gasteiger partial charge in [-0.2, -0.15) is 0 Å². The number of rotatable bonds is 3. The molecule has 83 valence electrons. The third-order valence-corrected chi connectivity index (χ3v) is 3.70. The third kappa shape index (κ3) is 4.91. The van der Waals surface area contributed by atoms with Gasteiger partial charge in [-0.25, -0.2) is 0 Å². The summed E-state index contributed by atoms with van der Waals surface area (Å²) in [6.07, 6.45) is 14.1. The van der Waals surface area contributed by atoms with Crippen molar-refractivity contribution >= 4 is 18.9 Å². The van der Waals surface area contributed by atoms with Gasteiger partial charge in [0.25, 0.3) is 0 Å². The molecule has 2 rings (SSSR count). The van der Waals surface area contributed by atoms with Crippen LogP contribution in [-0.2, 0) is 0 Å². The summed E-state index contributed by atoms with van der Waals surface area (Å²) in [6, 6.07) is 1.51. The molecule has 2 N–H and O–H groups in total. The van der Waals surface area contributed by atoms with E-state index in [1.165, 1.54) is 64.2 Å². The van der Waals surface area contributed by atoms with Crippen LogP contribution in [0.25, 0.3) is 0 Å². The second-order valence-electron chi connectivity index (χ2n) is 4.96. The standard InChI is InChI=1S/C12H24N2.Li/c1-3-7-11(8-4-1)13-14-12-9-5-2-6-10-12;/h11-14H,1-10H2;. The van der Waals surface area contributed by atoms with Gasteiger partial charge >= 0.3 is 0 Å². The Bertz CT molecular complexity index is 134. The molecule has 0 aromatic heterocycles. The quantitative estimate of drug-likeness (QED) is 0.543. The van der Waals surface area contributed by atoms with Crippen LogP contribution in [0.3, 0.4) is 0 Å². The molecule has 0 aromatic carbocycles. The molecule has 2 aliphatic carbocycles. The van der Waals surface area contributed by atoms with Gasteiger partial charge in [-0.1, -0.05) is 38.5 Å². The van der Waals surface area contributed by atoms with Gasteiger partial charge in [0.15, 0.2) is 0 Å². The van der Waals surface area contributed by atoms with Gasteiger partial charge in [-0.3, -0.25) is 10.9 Å². The van der Waals surface area contributed by atoms with E-state index in [1.807, 2.05) is 0 Å². The number of hydrogen-bond acceptors (Lipinski definition) is 2. The van der Waals surface area contributed by atoms with Gasteiger partial charge in [0.05, 0.1) is 0 Å². The van der Waals surface area contributed by atoms with Crippen molar-refractivity contribution in [2.75, 3.05) is 0 Å². The Morgan fingerprint density at radius 3 is 1.20 bits per heavy atom. The molecule has 0 aromatic rings. The molecule has 2 fully saturated rings. The van der Waals surface area contributed by atoms with E-state index in [9.17, 15) is 0 Å². The number of nitrogens with one attached hydrogen (secondary N) is 2. The summed E-state index contributed by atoms with van der Waals surface area (Å²) < 4.78 is 0. The van der Waals surface area contributed by atoms with Crippen molar-refractivity contribution in [3.8, 4) is 0 Å². The molecular formula is C12H24LiN2. The maximum absolute atomic E-state index is 3.54. The summed E-state index contributed by atoms with van der Waals surface area (Å²) in [4.78, 5) is 0. The molecule has 0 unspecified atom stereocenters. The molecule has 0 amide bonds. The molecule has 0 heterocycles. The first-order chi connectivity index (χ1) is 6.95. The Morgan fingerprint density at radius 2 is 0.867 bits per heavy atom. The summed E-state index contributed by atoms with van der Waals surface area (Å²) in [6.45, 7) is 0. The van der Waals surface area contributed by atoms with Crippen molar-refractivity contribution in [1.82, 2.24) is 10.9 Å². The van der Waals surface area contributed by atoms with Crippen molar-refractivity contribution in [3.05, 3.63) is 0 Å². The maximum Gasteiger partial charge on any atom is 0.0213 e. The van der Waals surface area contributed by atoms with Crippen LogP contribution in [0, 0.1) is 0 Å². The Balaban J connectivity index is 0.00000112. The fourth-order valence-electron chi connectivity index (χ4n) is 2.73. The second kappa shape index (κ2) is 7.74. The van der Waals surface area contributed by atoms with E-state index in [0.717, 1.165) is 12.1 Å². The van der Waals surface area contributed by atoms with Crippen LogP contribution in [0.15, 0.2) is 0 Å². The van der Waals surface area contributed by atoms with E-state index in [1.54, 1.807) is 0 Å². The smallest absolute Gasteiger partial charge is 0.0213 e. The topological polar surface area (TPSA) is 24.1 Å². The first-order valence-electron chi connectivity index (χ1n) is 6.46. The predicted molar refractivity (Wildman–Crippen MR) is 65.8 cm³/mol. The molecule has 0 atom stereocenters. The monoisotopic (exact) mass is 203 g/mol. The van der Waals surface area contributed by atoms with Crippen LogP contribution in [0.1, 0.15) is 64.2 Å². The van der Waals surface area contributed by atoms with Crippen molar-refractivity contribution in [2.45, 2.75) is 76.3 Å². The molecule has 0 aliphatic heterocycles. The van der Waals surface area contributed by atoms with E-state index in [4.69, 9.17) is 0 Å².